The molecule has 0 N–H and O–H groups in total. The van der Waals surface area contributed by atoms with Gasteiger partial charge in [0.05, 0.1) is 6.61 Å². The molecule has 1 saturated heterocycles. The molecule has 0 amide bonds. The number of hydrogen-bond acceptors (Lipinski definition) is 2. The lowest BCUT2D eigenvalue weighted by Crippen LogP contribution is -2.33. The van der Waals surface area contributed by atoms with E-state index in [0.717, 1.165) is 40.8 Å². The van der Waals surface area contributed by atoms with Gasteiger partial charge in [-0.3, -0.25) is 0 Å². The number of hydrogen-bond donors (Lipinski definition) is 0. The lowest BCUT2D eigenvalue weighted by atomic mass is 9.99. The van der Waals surface area contributed by atoms with Crippen LogP contribution >= 0.6 is 11.6 Å². The van der Waals surface area contributed by atoms with Crippen molar-refractivity contribution in [3.05, 3.63) is 28.3 Å². The molecule has 0 aliphatic carbocycles. The molecule has 1 aromatic carbocycles. The summed E-state index contributed by atoms with van der Waals surface area (Å²) in [4.78, 5) is 2.64. The first-order chi connectivity index (χ1) is 11.1. The van der Waals surface area contributed by atoms with Crippen LogP contribution in [0.4, 0.5) is 0 Å². The number of unbranched alkanes of at least 4 members (excludes halogenated alkanes) is 3. The summed E-state index contributed by atoms with van der Waals surface area (Å²) < 4.78 is 5.91. The summed E-state index contributed by atoms with van der Waals surface area (Å²) >= 11 is 6.12. The monoisotopic (exact) mass is 337 g/mol. The number of halogens is 1. The van der Waals surface area contributed by atoms with E-state index in [4.69, 9.17) is 16.3 Å². The number of ether oxygens (including phenoxy) is 1. The Morgan fingerprint density at radius 3 is 2.48 bits per heavy atom. The second-order valence-corrected chi connectivity index (χ2v) is 7.49. The van der Waals surface area contributed by atoms with E-state index >= 15 is 0 Å². The SMILES string of the molecule is Cc1c(Cl)ccc(OCCCCCCN2CCC(C)CC2)c1C. The quantitative estimate of drug-likeness (QED) is 0.570. The number of piperidine rings is 1. The van der Waals surface area contributed by atoms with Crippen LogP contribution in [0, 0.1) is 19.8 Å². The topological polar surface area (TPSA) is 12.5 Å². The van der Waals surface area contributed by atoms with E-state index < -0.39 is 0 Å². The third kappa shape index (κ3) is 6.00. The van der Waals surface area contributed by atoms with E-state index in [1.165, 1.54) is 51.7 Å². The molecule has 2 nitrogen and oxygen atoms in total. The Hall–Kier alpha value is -0.730. The van der Waals surface area contributed by atoms with E-state index in [0.29, 0.717) is 0 Å². The van der Waals surface area contributed by atoms with Gasteiger partial charge in [-0.1, -0.05) is 31.4 Å². The lowest BCUT2D eigenvalue weighted by Gasteiger charge is -2.30. The summed E-state index contributed by atoms with van der Waals surface area (Å²) in [5, 5.41) is 0.821. The van der Waals surface area contributed by atoms with Crippen molar-refractivity contribution < 1.29 is 4.74 Å². The van der Waals surface area contributed by atoms with Gasteiger partial charge in [-0.25, -0.2) is 0 Å². The van der Waals surface area contributed by atoms with Gasteiger partial charge in [0.25, 0.3) is 0 Å². The smallest absolute Gasteiger partial charge is 0.122 e. The van der Waals surface area contributed by atoms with Crippen molar-refractivity contribution in [2.75, 3.05) is 26.2 Å². The van der Waals surface area contributed by atoms with Gasteiger partial charge in [0.2, 0.25) is 0 Å². The highest BCUT2D eigenvalue weighted by Gasteiger charge is 2.14. The highest BCUT2D eigenvalue weighted by molar-refractivity contribution is 6.31. The molecule has 1 heterocycles. The van der Waals surface area contributed by atoms with Crippen molar-refractivity contribution in [3.8, 4) is 5.75 Å². The number of rotatable bonds is 8. The first-order valence-electron chi connectivity index (χ1n) is 9.18. The molecule has 0 spiro atoms. The molecule has 0 aromatic heterocycles. The largest absolute Gasteiger partial charge is 0.493 e. The van der Waals surface area contributed by atoms with Crippen molar-refractivity contribution in [1.29, 1.82) is 0 Å². The summed E-state index contributed by atoms with van der Waals surface area (Å²) in [6.07, 6.45) is 7.80. The van der Waals surface area contributed by atoms with E-state index in [2.05, 4.69) is 18.7 Å². The van der Waals surface area contributed by atoms with Gasteiger partial charge in [-0.2, -0.15) is 0 Å². The van der Waals surface area contributed by atoms with E-state index in [9.17, 15) is 0 Å². The van der Waals surface area contributed by atoms with Crippen molar-refractivity contribution in [2.24, 2.45) is 5.92 Å². The fourth-order valence-electron chi connectivity index (χ4n) is 3.18. The number of likely N-dealkylation sites (tertiary alicyclic amines) is 1. The van der Waals surface area contributed by atoms with Crippen LogP contribution in [-0.2, 0) is 0 Å². The molecule has 130 valence electrons. The van der Waals surface area contributed by atoms with E-state index in [-0.39, 0.29) is 0 Å². The fourth-order valence-corrected chi connectivity index (χ4v) is 3.38. The Labute approximate surface area is 147 Å². The van der Waals surface area contributed by atoms with Crippen LogP contribution in [0.2, 0.25) is 5.02 Å². The predicted molar refractivity (Wildman–Crippen MR) is 99.7 cm³/mol. The van der Waals surface area contributed by atoms with Crippen LogP contribution < -0.4 is 4.74 Å². The maximum atomic E-state index is 6.12. The van der Waals surface area contributed by atoms with Gasteiger partial charge < -0.3 is 9.64 Å². The minimum atomic E-state index is 0.809. The fraction of sp³-hybridized carbons (Fsp3) is 0.700. The zero-order chi connectivity index (χ0) is 16.7. The summed E-state index contributed by atoms with van der Waals surface area (Å²) in [5.74, 6) is 1.91. The molecule has 1 aliphatic heterocycles. The van der Waals surface area contributed by atoms with Crippen molar-refractivity contribution in [3.63, 3.8) is 0 Å². The maximum Gasteiger partial charge on any atom is 0.122 e. The second kappa shape index (κ2) is 9.54. The lowest BCUT2D eigenvalue weighted by molar-refractivity contribution is 0.188. The highest BCUT2D eigenvalue weighted by Crippen LogP contribution is 2.27. The van der Waals surface area contributed by atoms with Gasteiger partial charge in [0, 0.05) is 5.02 Å². The Morgan fingerprint density at radius 1 is 1.04 bits per heavy atom. The van der Waals surface area contributed by atoms with Gasteiger partial charge >= 0.3 is 0 Å². The first kappa shape index (κ1) is 18.6. The van der Waals surface area contributed by atoms with Crippen LogP contribution in [0.1, 0.15) is 56.6 Å². The maximum absolute atomic E-state index is 6.12. The van der Waals surface area contributed by atoms with Crippen LogP contribution in [0.5, 0.6) is 5.75 Å². The molecule has 0 radical (unpaired) electrons. The molecule has 1 aliphatic rings. The first-order valence-corrected chi connectivity index (χ1v) is 9.56. The number of nitrogens with zero attached hydrogens (tertiary/aromatic N) is 1. The second-order valence-electron chi connectivity index (χ2n) is 7.08. The molecule has 23 heavy (non-hydrogen) atoms. The summed E-state index contributed by atoms with van der Waals surface area (Å²) in [5.41, 5.74) is 2.29. The normalized spacial score (nSPS) is 16.7. The minimum Gasteiger partial charge on any atom is -0.493 e. The molecule has 0 unspecified atom stereocenters. The third-order valence-corrected chi connectivity index (χ3v) is 5.58. The van der Waals surface area contributed by atoms with Gasteiger partial charge in [-0.05, 0) is 88.3 Å². The molecule has 0 bridgehead atoms. The zero-order valence-corrected chi connectivity index (χ0v) is 15.8. The number of benzene rings is 1. The highest BCUT2D eigenvalue weighted by atomic mass is 35.5. The van der Waals surface area contributed by atoms with Crippen LogP contribution in [0.25, 0.3) is 0 Å². The van der Waals surface area contributed by atoms with E-state index in [1.54, 1.807) is 0 Å². The average Bonchev–Trinajstić information content (AvgIpc) is 2.55. The zero-order valence-electron chi connectivity index (χ0n) is 15.0. The minimum absolute atomic E-state index is 0.809. The average molecular weight is 338 g/mol. The molecule has 0 saturated carbocycles. The molecule has 0 atom stereocenters. The molecule has 2 rings (SSSR count). The predicted octanol–water partition coefficient (Wildman–Crippen LogP) is 5.63. The molecular formula is C20H32ClNO. The summed E-state index contributed by atoms with van der Waals surface area (Å²) in [6, 6.07) is 3.92. The van der Waals surface area contributed by atoms with Crippen LogP contribution in [0.15, 0.2) is 12.1 Å². The molecule has 3 heteroatoms. The molecular weight excluding hydrogens is 306 g/mol. The molecule has 1 fully saturated rings. The Balaban J connectivity index is 1.54. The van der Waals surface area contributed by atoms with Gasteiger partial charge in [0.1, 0.15) is 5.75 Å². The third-order valence-electron chi connectivity index (χ3n) is 5.17. The Kier molecular flexibility index (Phi) is 7.72. The Morgan fingerprint density at radius 2 is 1.74 bits per heavy atom. The van der Waals surface area contributed by atoms with Gasteiger partial charge in [-0.15, -0.1) is 0 Å². The van der Waals surface area contributed by atoms with Crippen LogP contribution in [0.3, 0.4) is 0 Å². The van der Waals surface area contributed by atoms with E-state index in [1.807, 2.05) is 19.1 Å². The van der Waals surface area contributed by atoms with Crippen molar-refractivity contribution >= 4 is 11.6 Å². The molecule has 1 aromatic rings. The van der Waals surface area contributed by atoms with Crippen molar-refractivity contribution in [1.82, 2.24) is 4.90 Å². The summed E-state index contributed by atoms with van der Waals surface area (Å²) in [7, 11) is 0. The summed E-state index contributed by atoms with van der Waals surface area (Å²) in [6.45, 7) is 11.2. The Bertz CT molecular complexity index is 481. The van der Waals surface area contributed by atoms with Gasteiger partial charge in [0.15, 0.2) is 0 Å². The van der Waals surface area contributed by atoms with Crippen molar-refractivity contribution in [2.45, 2.75) is 59.3 Å². The van der Waals surface area contributed by atoms with Crippen LogP contribution in [-0.4, -0.2) is 31.1 Å². The standard InChI is InChI=1S/C20H32ClNO/c1-16-10-13-22(14-11-16)12-6-4-5-7-15-23-20-9-8-19(21)17(2)18(20)3/h8-9,16H,4-7,10-15H2,1-3H3.